The predicted molar refractivity (Wildman–Crippen MR) is 79.1 cm³/mol. The highest BCUT2D eigenvalue weighted by Crippen LogP contribution is 2.38. The lowest BCUT2D eigenvalue weighted by Gasteiger charge is -2.53. The maximum Gasteiger partial charge on any atom is 0.0767 e. The first kappa shape index (κ1) is 14.6. The second-order valence-corrected chi connectivity index (χ2v) is 7.82. The molecule has 1 heterocycles. The van der Waals surface area contributed by atoms with E-state index in [0.29, 0.717) is 16.6 Å². The highest BCUT2D eigenvalue weighted by atomic mass is 32.2. The minimum Gasteiger partial charge on any atom is -0.379 e. The lowest BCUT2D eigenvalue weighted by atomic mass is 9.77. The van der Waals surface area contributed by atoms with Gasteiger partial charge in [-0.15, -0.1) is 0 Å². The Bertz CT molecular complexity index is 267. The van der Waals surface area contributed by atoms with Gasteiger partial charge in [0.2, 0.25) is 0 Å². The lowest BCUT2D eigenvalue weighted by Crippen LogP contribution is -2.66. The molecule has 18 heavy (non-hydrogen) atoms. The van der Waals surface area contributed by atoms with Crippen molar-refractivity contribution in [2.45, 2.75) is 61.7 Å². The summed E-state index contributed by atoms with van der Waals surface area (Å²) in [7, 11) is 1.85. The molecule has 2 rings (SSSR count). The Hall–Kier alpha value is 0.230. The summed E-state index contributed by atoms with van der Waals surface area (Å²) < 4.78 is 5.79. The molecule has 0 amide bonds. The average molecular weight is 272 g/mol. The van der Waals surface area contributed by atoms with Crippen molar-refractivity contribution in [2.75, 3.05) is 26.7 Å². The Morgan fingerprint density at radius 2 is 1.94 bits per heavy atom. The molecule has 2 fully saturated rings. The first-order valence-corrected chi connectivity index (χ1v) is 8.20. The molecule has 106 valence electrons. The van der Waals surface area contributed by atoms with Crippen molar-refractivity contribution in [1.82, 2.24) is 4.90 Å². The number of nitrogens with two attached hydrogens (primary N) is 1. The van der Waals surface area contributed by atoms with Gasteiger partial charge in [-0.3, -0.25) is 4.90 Å². The van der Waals surface area contributed by atoms with Crippen LogP contribution in [0.25, 0.3) is 0 Å². The Morgan fingerprint density at radius 1 is 1.28 bits per heavy atom. The zero-order valence-electron chi connectivity index (χ0n) is 12.0. The molecule has 4 heteroatoms. The molecule has 0 radical (unpaired) electrons. The van der Waals surface area contributed by atoms with Crippen molar-refractivity contribution in [2.24, 2.45) is 5.73 Å². The van der Waals surface area contributed by atoms with Crippen LogP contribution in [0.15, 0.2) is 0 Å². The van der Waals surface area contributed by atoms with Gasteiger partial charge in [0.05, 0.1) is 11.6 Å². The Balaban J connectivity index is 2.18. The molecule has 4 atom stereocenters. The number of hydrogen-bond acceptors (Lipinski definition) is 4. The van der Waals surface area contributed by atoms with Gasteiger partial charge in [0, 0.05) is 37.2 Å². The number of nitrogens with zero attached hydrogens (tertiary/aromatic N) is 1. The Morgan fingerprint density at radius 3 is 2.50 bits per heavy atom. The van der Waals surface area contributed by atoms with E-state index in [-0.39, 0.29) is 5.54 Å². The molecule has 2 N–H and O–H groups in total. The van der Waals surface area contributed by atoms with Gasteiger partial charge in [0.1, 0.15) is 0 Å². The van der Waals surface area contributed by atoms with E-state index in [1.807, 2.05) is 7.11 Å². The summed E-state index contributed by atoms with van der Waals surface area (Å²) in [6, 6.07) is 0. The van der Waals surface area contributed by atoms with E-state index in [2.05, 4.69) is 30.5 Å². The normalized spacial score (nSPS) is 43.0. The van der Waals surface area contributed by atoms with Gasteiger partial charge in [-0.1, -0.05) is 26.7 Å². The van der Waals surface area contributed by atoms with Gasteiger partial charge >= 0.3 is 0 Å². The van der Waals surface area contributed by atoms with E-state index < -0.39 is 0 Å². The van der Waals surface area contributed by atoms with Gasteiger partial charge in [-0.2, -0.15) is 11.8 Å². The smallest absolute Gasteiger partial charge is 0.0767 e. The zero-order valence-corrected chi connectivity index (χ0v) is 12.8. The topological polar surface area (TPSA) is 38.5 Å². The van der Waals surface area contributed by atoms with Gasteiger partial charge in [0.25, 0.3) is 0 Å². The van der Waals surface area contributed by atoms with Crippen molar-refractivity contribution in [3.8, 4) is 0 Å². The molecule has 1 aliphatic carbocycles. The monoisotopic (exact) mass is 272 g/mol. The van der Waals surface area contributed by atoms with Gasteiger partial charge < -0.3 is 10.5 Å². The Labute approximate surface area is 116 Å². The van der Waals surface area contributed by atoms with Crippen LogP contribution in [0.3, 0.4) is 0 Å². The maximum absolute atomic E-state index is 6.20. The Kier molecular flexibility index (Phi) is 4.98. The third-order valence-electron chi connectivity index (χ3n) is 4.61. The molecule has 0 aromatic rings. The van der Waals surface area contributed by atoms with Crippen LogP contribution in [-0.2, 0) is 4.74 Å². The van der Waals surface area contributed by atoms with E-state index in [1.54, 1.807) is 0 Å². The molecule has 0 bridgehead atoms. The second-order valence-electron chi connectivity index (χ2n) is 5.94. The number of methoxy groups -OCH3 is 1. The molecule has 3 nitrogen and oxygen atoms in total. The van der Waals surface area contributed by atoms with Crippen molar-refractivity contribution < 1.29 is 4.74 Å². The quantitative estimate of drug-likeness (QED) is 0.854. The van der Waals surface area contributed by atoms with Crippen molar-refractivity contribution in [3.05, 3.63) is 0 Å². The van der Waals surface area contributed by atoms with Crippen LogP contribution in [-0.4, -0.2) is 53.8 Å². The standard InChI is InChI=1S/C14H28N2OS/c1-11-8-16(9-12(2)18-11)14(10-15)7-5-4-6-13(14)17-3/h11-13H,4-10,15H2,1-3H3. The predicted octanol–water partition coefficient (Wildman–Crippen LogP) is 2.10. The summed E-state index contributed by atoms with van der Waals surface area (Å²) in [4.78, 5) is 2.64. The largest absolute Gasteiger partial charge is 0.379 e. The number of thioether (sulfide) groups is 1. The molecular formula is C14H28N2OS. The molecule has 4 unspecified atom stereocenters. The number of hydrogen-bond donors (Lipinski definition) is 1. The fraction of sp³-hybridized carbons (Fsp3) is 1.00. The minimum absolute atomic E-state index is 0.0938. The van der Waals surface area contributed by atoms with Crippen LogP contribution >= 0.6 is 11.8 Å². The highest BCUT2D eigenvalue weighted by molar-refractivity contribution is 8.00. The van der Waals surface area contributed by atoms with E-state index in [4.69, 9.17) is 10.5 Å². The fourth-order valence-corrected chi connectivity index (χ4v) is 5.12. The molecular weight excluding hydrogens is 244 g/mol. The van der Waals surface area contributed by atoms with Gasteiger partial charge in [-0.25, -0.2) is 0 Å². The molecule has 0 spiro atoms. The molecule has 0 aromatic carbocycles. The second kappa shape index (κ2) is 6.12. The van der Waals surface area contributed by atoms with E-state index >= 15 is 0 Å². The van der Waals surface area contributed by atoms with Crippen LogP contribution < -0.4 is 5.73 Å². The van der Waals surface area contributed by atoms with Crippen LogP contribution in [0.1, 0.15) is 39.5 Å². The summed E-state index contributed by atoms with van der Waals surface area (Å²) in [5.41, 5.74) is 6.29. The van der Waals surface area contributed by atoms with Crippen LogP contribution in [0.5, 0.6) is 0 Å². The number of ether oxygens (including phenoxy) is 1. The van der Waals surface area contributed by atoms with Crippen molar-refractivity contribution >= 4 is 11.8 Å². The summed E-state index contributed by atoms with van der Waals surface area (Å²) in [5, 5.41) is 1.41. The van der Waals surface area contributed by atoms with E-state index in [1.165, 1.54) is 25.7 Å². The third-order valence-corrected chi connectivity index (χ3v) is 5.84. The lowest BCUT2D eigenvalue weighted by molar-refractivity contribution is -0.0759. The van der Waals surface area contributed by atoms with Crippen LogP contribution in [0, 0.1) is 0 Å². The zero-order chi connectivity index (χ0) is 13.2. The van der Waals surface area contributed by atoms with Gasteiger partial charge in [0.15, 0.2) is 0 Å². The summed E-state index contributed by atoms with van der Waals surface area (Å²) in [5.74, 6) is 0. The first-order chi connectivity index (χ1) is 8.62. The summed E-state index contributed by atoms with van der Waals surface area (Å²) >= 11 is 2.10. The SMILES string of the molecule is COC1CCCCC1(CN)N1CC(C)SC(C)C1. The van der Waals surface area contributed by atoms with Gasteiger partial charge in [-0.05, 0) is 12.8 Å². The minimum atomic E-state index is 0.0938. The highest BCUT2D eigenvalue weighted by Gasteiger charge is 2.46. The molecule has 0 aromatic heterocycles. The molecule has 1 aliphatic heterocycles. The summed E-state index contributed by atoms with van der Waals surface area (Å²) in [6.45, 7) is 7.72. The number of rotatable bonds is 3. The van der Waals surface area contributed by atoms with E-state index in [0.717, 1.165) is 19.6 Å². The third kappa shape index (κ3) is 2.72. The first-order valence-electron chi connectivity index (χ1n) is 7.25. The van der Waals surface area contributed by atoms with Crippen LogP contribution in [0.2, 0.25) is 0 Å². The molecule has 2 aliphatic rings. The molecule has 1 saturated carbocycles. The van der Waals surface area contributed by atoms with Crippen molar-refractivity contribution in [3.63, 3.8) is 0 Å². The van der Waals surface area contributed by atoms with E-state index in [9.17, 15) is 0 Å². The average Bonchev–Trinajstić information content (AvgIpc) is 2.37. The molecule has 1 saturated heterocycles. The maximum atomic E-state index is 6.20. The van der Waals surface area contributed by atoms with Crippen LogP contribution in [0.4, 0.5) is 0 Å². The fourth-order valence-electron chi connectivity index (χ4n) is 3.79. The van der Waals surface area contributed by atoms with Crippen molar-refractivity contribution in [1.29, 1.82) is 0 Å². The summed E-state index contributed by atoms with van der Waals surface area (Å²) in [6.07, 6.45) is 5.27.